The van der Waals surface area contributed by atoms with Crippen LogP contribution >= 0.6 is 62.7 Å². The van der Waals surface area contributed by atoms with Gasteiger partial charge in [0.05, 0.1) is 27.8 Å². The molecule has 1 fully saturated rings. The van der Waals surface area contributed by atoms with Crippen molar-refractivity contribution in [2.45, 2.75) is 31.0 Å². The van der Waals surface area contributed by atoms with E-state index in [1.165, 1.54) is 0 Å². The van der Waals surface area contributed by atoms with Gasteiger partial charge in [-0.1, -0.05) is 29.3 Å². The smallest absolute Gasteiger partial charge is 0.242 e. The molecule has 1 heterocycles. The van der Waals surface area contributed by atoms with Gasteiger partial charge in [0.2, 0.25) is 5.91 Å². The normalized spacial score (nSPS) is 15.2. The number of carbonyl (C=O) groups is 1. The third-order valence-electron chi connectivity index (χ3n) is 4.50. The first-order chi connectivity index (χ1) is 15.3. The zero-order chi connectivity index (χ0) is 23.1. The molecule has 2 aromatic rings. The molecule has 1 N–H and O–H groups in total. The standard InChI is InChI=1S/C22H23BrCl2N2O3S2/c1-3-29-19-9-14(12-26-27-20(28)11-22(2)31-6-7-32-22)8-17(23)21(19)30-13-15-4-5-16(24)10-18(15)25/h4-5,8-10,12H,3,6-7,11,13H2,1-2H3,(H,27,28)/b26-12-. The van der Waals surface area contributed by atoms with Crippen LogP contribution in [0.2, 0.25) is 10.0 Å². The first-order valence-electron chi connectivity index (χ1n) is 9.92. The molecule has 1 aliphatic rings. The largest absolute Gasteiger partial charge is 0.490 e. The van der Waals surface area contributed by atoms with Crippen LogP contribution in [0.25, 0.3) is 0 Å². The van der Waals surface area contributed by atoms with E-state index in [9.17, 15) is 4.79 Å². The monoisotopic (exact) mass is 576 g/mol. The number of benzene rings is 2. The predicted octanol–water partition coefficient (Wildman–Crippen LogP) is 6.77. The van der Waals surface area contributed by atoms with Crippen LogP contribution in [0, 0.1) is 0 Å². The summed E-state index contributed by atoms with van der Waals surface area (Å²) in [7, 11) is 0. The Kier molecular flexibility index (Phi) is 9.49. The summed E-state index contributed by atoms with van der Waals surface area (Å²) in [6.07, 6.45) is 2.01. The minimum Gasteiger partial charge on any atom is -0.490 e. The van der Waals surface area contributed by atoms with Crippen molar-refractivity contribution in [3.63, 3.8) is 0 Å². The topological polar surface area (TPSA) is 59.9 Å². The minimum atomic E-state index is -0.102. The first-order valence-corrected chi connectivity index (χ1v) is 13.4. The van der Waals surface area contributed by atoms with Crippen LogP contribution in [0.3, 0.4) is 0 Å². The van der Waals surface area contributed by atoms with Gasteiger partial charge in [-0.15, -0.1) is 23.5 Å². The number of halogens is 3. The number of rotatable bonds is 9. The Balaban J connectivity index is 1.67. The number of nitrogens with one attached hydrogen (secondary N) is 1. The summed E-state index contributed by atoms with van der Waals surface area (Å²) >= 11 is 19.4. The average molecular weight is 578 g/mol. The molecular weight excluding hydrogens is 555 g/mol. The van der Waals surface area contributed by atoms with Gasteiger partial charge in [-0.3, -0.25) is 4.79 Å². The maximum Gasteiger partial charge on any atom is 0.242 e. The van der Waals surface area contributed by atoms with E-state index in [0.29, 0.717) is 39.0 Å². The van der Waals surface area contributed by atoms with Crippen molar-refractivity contribution in [2.24, 2.45) is 5.10 Å². The van der Waals surface area contributed by atoms with E-state index in [-0.39, 0.29) is 16.6 Å². The van der Waals surface area contributed by atoms with Crippen molar-refractivity contribution in [2.75, 3.05) is 18.1 Å². The molecule has 32 heavy (non-hydrogen) atoms. The number of hydrogen-bond acceptors (Lipinski definition) is 6. The molecule has 0 radical (unpaired) electrons. The fourth-order valence-electron chi connectivity index (χ4n) is 3.02. The van der Waals surface area contributed by atoms with E-state index in [4.69, 9.17) is 32.7 Å². The number of nitrogens with zero attached hydrogens (tertiary/aromatic N) is 1. The molecule has 0 aromatic heterocycles. The number of carbonyl (C=O) groups excluding carboxylic acids is 1. The summed E-state index contributed by atoms with van der Waals surface area (Å²) in [6.45, 7) is 4.72. The predicted molar refractivity (Wildman–Crippen MR) is 140 cm³/mol. The maximum absolute atomic E-state index is 12.2. The molecule has 3 rings (SSSR count). The highest BCUT2D eigenvalue weighted by atomic mass is 79.9. The van der Waals surface area contributed by atoms with Gasteiger partial charge in [0.1, 0.15) is 6.61 Å². The summed E-state index contributed by atoms with van der Waals surface area (Å²) in [5.41, 5.74) is 4.19. The average Bonchev–Trinajstić information content (AvgIpc) is 3.14. The second-order valence-electron chi connectivity index (χ2n) is 7.09. The molecule has 10 heteroatoms. The fraction of sp³-hybridized carbons (Fsp3) is 0.364. The molecule has 1 saturated heterocycles. The minimum absolute atomic E-state index is 0.0727. The fourth-order valence-corrected chi connectivity index (χ4v) is 6.89. The summed E-state index contributed by atoms with van der Waals surface area (Å²) in [4.78, 5) is 12.2. The Morgan fingerprint density at radius 1 is 1.25 bits per heavy atom. The van der Waals surface area contributed by atoms with Crippen LogP contribution in [-0.4, -0.2) is 34.3 Å². The molecule has 1 amide bonds. The van der Waals surface area contributed by atoms with E-state index in [1.807, 2.05) is 48.6 Å². The Hall–Kier alpha value is -1.06. The van der Waals surface area contributed by atoms with Gasteiger partial charge in [-0.2, -0.15) is 5.10 Å². The van der Waals surface area contributed by atoms with Gasteiger partial charge in [0.25, 0.3) is 0 Å². The van der Waals surface area contributed by atoms with Crippen molar-refractivity contribution < 1.29 is 14.3 Å². The van der Waals surface area contributed by atoms with E-state index in [0.717, 1.165) is 22.6 Å². The Bertz CT molecular complexity index is 1000. The SMILES string of the molecule is CCOc1cc(/C=N\NC(=O)CC2(C)SCCS2)cc(Br)c1OCc1ccc(Cl)cc1Cl. The summed E-state index contributed by atoms with van der Waals surface area (Å²) in [6, 6.07) is 8.93. The molecule has 0 bridgehead atoms. The van der Waals surface area contributed by atoms with Crippen LogP contribution in [0.15, 0.2) is 39.9 Å². The molecule has 2 aromatic carbocycles. The lowest BCUT2D eigenvalue weighted by atomic mass is 10.2. The van der Waals surface area contributed by atoms with Crippen LogP contribution in [0.1, 0.15) is 31.4 Å². The highest BCUT2D eigenvalue weighted by Gasteiger charge is 2.32. The highest BCUT2D eigenvalue weighted by molar-refractivity contribution is 9.10. The molecule has 1 aliphatic heterocycles. The van der Waals surface area contributed by atoms with Gasteiger partial charge in [0.15, 0.2) is 11.5 Å². The second kappa shape index (κ2) is 11.9. The van der Waals surface area contributed by atoms with Crippen molar-refractivity contribution in [1.82, 2.24) is 5.43 Å². The quantitative estimate of drug-likeness (QED) is 0.263. The van der Waals surface area contributed by atoms with Crippen molar-refractivity contribution >= 4 is 74.8 Å². The van der Waals surface area contributed by atoms with Gasteiger partial charge < -0.3 is 9.47 Å². The van der Waals surface area contributed by atoms with E-state index in [2.05, 4.69) is 33.4 Å². The molecule has 0 unspecified atom stereocenters. The lowest BCUT2D eigenvalue weighted by Crippen LogP contribution is -2.26. The zero-order valence-corrected chi connectivity index (χ0v) is 22.4. The molecule has 0 aliphatic carbocycles. The van der Waals surface area contributed by atoms with Gasteiger partial charge >= 0.3 is 0 Å². The molecule has 0 spiro atoms. The van der Waals surface area contributed by atoms with E-state index < -0.39 is 0 Å². The zero-order valence-electron chi connectivity index (χ0n) is 17.6. The Morgan fingerprint density at radius 3 is 2.69 bits per heavy atom. The number of hydrogen-bond donors (Lipinski definition) is 1. The highest BCUT2D eigenvalue weighted by Crippen LogP contribution is 2.45. The Morgan fingerprint density at radius 2 is 2.00 bits per heavy atom. The van der Waals surface area contributed by atoms with Crippen molar-refractivity contribution in [1.29, 1.82) is 0 Å². The third kappa shape index (κ3) is 7.22. The molecular formula is C22H23BrCl2N2O3S2. The van der Waals surface area contributed by atoms with Gasteiger partial charge in [0, 0.05) is 27.1 Å². The van der Waals surface area contributed by atoms with Gasteiger partial charge in [-0.25, -0.2) is 5.43 Å². The van der Waals surface area contributed by atoms with Gasteiger partial charge in [-0.05, 0) is 59.6 Å². The Labute approximate surface area is 215 Å². The number of ether oxygens (including phenoxy) is 2. The third-order valence-corrected chi connectivity index (χ3v) is 8.97. The first kappa shape index (κ1) is 25.6. The number of hydrazone groups is 1. The lowest BCUT2D eigenvalue weighted by Gasteiger charge is -2.19. The molecule has 172 valence electrons. The van der Waals surface area contributed by atoms with Crippen LogP contribution in [-0.2, 0) is 11.4 Å². The molecule has 5 nitrogen and oxygen atoms in total. The molecule has 0 saturated carbocycles. The molecule has 0 atom stereocenters. The van der Waals surface area contributed by atoms with E-state index >= 15 is 0 Å². The maximum atomic E-state index is 12.2. The lowest BCUT2D eigenvalue weighted by molar-refractivity contribution is -0.121. The summed E-state index contributed by atoms with van der Waals surface area (Å²) in [5.74, 6) is 3.16. The van der Waals surface area contributed by atoms with E-state index in [1.54, 1.807) is 18.3 Å². The summed E-state index contributed by atoms with van der Waals surface area (Å²) in [5, 5.41) is 5.22. The second-order valence-corrected chi connectivity index (χ2v) is 12.2. The van der Waals surface area contributed by atoms with Crippen LogP contribution < -0.4 is 14.9 Å². The number of thioether (sulfide) groups is 2. The van der Waals surface area contributed by atoms with Crippen molar-refractivity contribution in [3.05, 3.63) is 56.0 Å². The van der Waals surface area contributed by atoms with Crippen LogP contribution in [0.5, 0.6) is 11.5 Å². The summed E-state index contributed by atoms with van der Waals surface area (Å²) < 4.78 is 12.4. The van der Waals surface area contributed by atoms with Crippen molar-refractivity contribution in [3.8, 4) is 11.5 Å². The number of amides is 1. The van der Waals surface area contributed by atoms with Crippen LogP contribution in [0.4, 0.5) is 0 Å².